The molecule has 5 nitrogen and oxygen atoms in total. The lowest BCUT2D eigenvalue weighted by atomic mass is 9.91. The van der Waals surface area contributed by atoms with Gasteiger partial charge in [0.05, 0.1) is 11.3 Å². The zero-order valence-corrected chi connectivity index (χ0v) is 13.4. The monoisotopic (exact) mass is 336 g/mol. The number of nitrogens with zero attached hydrogens (tertiary/aromatic N) is 1. The van der Waals surface area contributed by atoms with Crippen LogP contribution < -0.4 is 16.4 Å². The fourth-order valence-corrected chi connectivity index (χ4v) is 3.10. The van der Waals surface area contributed by atoms with Crippen molar-refractivity contribution in [1.82, 2.24) is 10.3 Å². The lowest BCUT2D eigenvalue weighted by Crippen LogP contribution is -2.41. The van der Waals surface area contributed by atoms with Crippen LogP contribution in [0.4, 0.5) is 15.8 Å². The van der Waals surface area contributed by atoms with E-state index >= 15 is 0 Å². The van der Waals surface area contributed by atoms with Crippen molar-refractivity contribution in [2.24, 2.45) is 0 Å². The lowest BCUT2D eigenvalue weighted by molar-refractivity contribution is 0.102. The molecular weight excluding hydrogens is 319 g/mol. The van der Waals surface area contributed by atoms with Crippen LogP contribution in [0.15, 0.2) is 48.8 Å². The van der Waals surface area contributed by atoms with E-state index in [1.807, 2.05) is 24.3 Å². The zero-order valence-electron chi connectivity index (χ0n) is 13.4. The van der Waals surface area contributed by atoms with Crippen molar-refractivity contribution in [1.29, 1.82) is 0 Å². The number of nitrogen functional groups attached to an aromatic ring is 1. The summed E-state index contributed by atoms with van der Waals surface area (Å²) in [6, 6.07) is 10.7. The van der Waals surface area contributed by atoms with Crippen LogP contribution in [0.2, 0.25) is 0 Å². The maximum absolute atomic E-state index is 14.5. The molecule has 0 radical (unpaired) electrons. The molecule has 126 valence electrons. The van der Waals surface area contributed by atoms with Crippen molar-refractivity contribution in [2.45, 2.75) is 5.92 Å². The van der Waals surface area contributed by atoms with E-state index in [0.717, 1.165) is 10.8 Å². The van der Waals surface area contributed by atoms with E-state index in [9.17, 15) is 9.18 Å². The summed E-state index contributed by atoms with van der Waals surface area (Å²) in [5, 5.41) is 7.63. The number of benzene rings is 2. The molecule has 0 saturated carbocycles. The van der Waals surface area contributed by atoms with Gasteiger partial charge in [0.1, 0.15) is 0 Å². The molecule has 4 rings (SSSR count). The Hall–Kier alpha value is -2.99. The van der Waals surface area contributed by atoms with E-state index in [1.165, 1.54) is 12.3 Å². The summed E-state index contributed by atoms with van der Waals surface area (Å²) in [6.07, 6.45) is 3.23. The highest BCUT2D eigenvalue weighted by Gasteiger charge is 2.27. The molecule has 1 aliphatic heterocycles. The normalized spacial score (nSPS) is 14.3. The summed E-state index contributed by atoms with van der Waals surface area (Å²) in [4.78, 5) is 16.9. The molecule has 2 heterocycles. The second kappa shape index (κ2) is 6.14. The van der Waals surface area contributed by atoms with E-state index in [0.29, 0.717) is 29.9 Å². The highest BCUT2D eigenvalue weighted by molar-refractivity contribution is 6.12. The zero-order chi connectivity index (χ0) is 17.4. The number of fused-ring (bicyclic) bond motifs is 1. The molecule has 3 aromatic rings. The van der Waals surface area contributed by atoms with Gasteiger partial charge >= 0.3 is 0 Å². The predicted molar refractivity (Wildman–Crippen MR) is 96.1 cm³/mol. The van der Waals surface area contributed by atoms with Gasteiger partial charge in [0.25, 0.3) is 5.91 Å². The minimum Gasteiger partial charge on any atom is -0.396 e. The fraction of sp³-hybridized carbons (Fsp3) is 0.158. The van der Waals surface area contributed by atoms with E-state index in [-0.39, 0.29) is 17.5 Å². The summed E-state index contributed by atoms with van der Waals surface area (Å²) >= 11 is 0. The molecule has 4 N–H and O–H groups in total. The molecule has 1 amide bonds. The van der Waals surface area contributed by atoms with Gasteiger partial charge in [-0.25, -0.2) is 4.39 Å². The Morgan fingerprint density at radius 1 is 1.20 bits per heavy atom. The standard InChI is InChI=1S/C19H17FN4O/c20-18-15(21)5-6-16(17(18)12-8-22-9-12)24-19(25)14-10-23-7-11-3-1-2-4-13(11)14/h1-7,10,12,22H,8-9,21H2,(H,24,25). The van der Waals surface area contributed by atoms with Crippen LogP contribution in [0.5, 0.6) is 0 Å². The maximum Gasteiger partial charge on any atom is 0.257 e. The first kappa shape index (κ1) is 15.5. The molecule has 2 aromatic carbocycles. The molecule has 0 bridgehead atoms. The van der Waals surface area contributed by atoms with Gasteiger partial charge in [-0.15, -0.1) is 0 Å². The number of carbonyl (C=O) groups is 1. The summed E-state index contributed by atoms with van der Waals surface area (Å²) in [6.45, 7) is 1.33. The number of aromatic nitrogens is 1. The average molecular weight is 336 g/mol. The Morgan fingerprint density at radius 3 is 2.76 bits per heavy atom. The van der Waals surface area contributed by atoms with Crippen LogP contribution in [-0.2, 0) is 0 Å². The van der Waals surface area contributed by atoms with E-state index < -0.39 is 5.82 Å². The van der Waals surface area contributed by atoms with Gasteiger partial charge in [0.15, 0.2) is 5.82 Å². The Bertz CT molecular complexity index is 964. The first-order valence-corrected chi connectivity index (χ1v) is 8.08. The number of amides is 1. The second-order valence-electron chi connectivity index (χ2n) is 6.15. The van der Waals surface area contributed by atoms with E-state index in [2.05, 4.69) is 15.6 Å². The Labute approximate surface area is 144 Å². The number of rotatable bonds is 3. The molecule has 25 heavy (non-hydrogen) atoms. The molecule has 1 fully saturated rings. The first-order chi connectivity index (χ1) is 12.1. The third kappa shape index (κ3) is 2.70. The van der Waals surface area contributed by atoms with E-state index in [4.69, 9.17) is 5.73 Å². The summed E-state index contributed by atoms with van der Waals surface area (Å²) in [7, 11) is 0. The molecule has 1 aromatic heterocycles. The highest BCUT2D eigenvalue weighted by Crippen LogP contribution is 2.33. The van der Waals surface area contributed by atoms with Crippen LogP contribution >= 0.6 is 0 Å². The van der Waals surface area contributed by atoms with Crippen molar-refractivity contribution >= 4 is 28.1 Å². The minimum atomic E-state index is -0.458. The number of nitrogens with two attached hydrogens (primary N) is 1. The number of hydrogen-bond donors (Lipinski definition) is 3. The van der Waals surface area contributed by atoms with Gasteiger partial charge in [0, 0.05) is 48.0 Å². The molecule has 0 spiro atoms. The van der Waals surface area contributed by atoms with Gasteiger partial charge in [-0.1, -0.05) is 24.3 Å². The van der Waals surface area contributed by atoms with Gasteiger partial charge in [0.2, 0.25) is 0 Å². The van der Waals surface area contributed by atoms with E-state index in [1.54, 1.807) is 12.3 Å². The number of hydrogen-bond acceptors (Lipinski definition) is 4. The molecule has 1 saturated heterocycles. The topological polar surface area (TPSA) is 80.0 Å². The number of pyridine rings is 1. The van der Waals surface area contributed by atoms with Crippen LogP contribution in [-0.4, -0.2) is 24.0 Å². The van der Waals surface area contributed by atoms with Gasteiger partial charge in [-0.3, -0.25) is 9.78 Å². The second-order valence-corrected chi connectivity index (χ2v) is 6.15. The van der Waals surface area contributed by atoms with Crippen LogP contribution in [0.1, 0.15) is 21.8 Å². The van der Waals surface area contributed by atoms with Gasteiger partial charge in [-0.05, 0) is 17.5 Å². The lowest BCUT2D eigenvalue weighted by Gasteiger charge is -2.30. The SMILES string of the molecule is Nc1ccc(NC(=O)c2cncc3ccccc23)c(C2CNC2)c1F. The number of nitrogens with one attached hydrogen (secondary N) is 2. The number of halogens is 1. The Kier molecular flexibility index (Phi) is 3.82. The van der Waals surface area contributed by atoms with Crippen LogP contribution in [0.25, 0.3) is 10.8 Å². The molecule has 0 aliphatic carbocycles. The highest BCUT2D eigenvalue weighted by atomic mass is 19.1. The molecule has 1 aliphatic rings. The number of carbonyl (C=O) groups excluding carboxylic acids is 1. The van der Waals surface area contributed by atoms with Crippen molar-refractivity contribution < 1.29 is 9.18 Å². The average Bonchev–Trinajstić information content (AvgIpc) is 2.59. The Balaban J connectivity index is 1.72. The molecule has 6 heteroatoms. The van der Waals surface area contributed by atoms with Crippen LogP contribution in [0, 0.1) is 5.82 Å². The summed E-state index contributed by atoms with van der Waals surface area (Å²) in [5.41, 5.74) is 7.16. The van der Waals surface area contributed by atoms with Gasteiger partial charge < -0.3 is 16.4 Å². The smallest absolute Gasteiger partial charge is 0.257 e. The van der Waals surface area contributed by atoms with Crippen molar-refractivity contribution in [2.75, 3.05) is 24.1 Å². The minimum absolute atomic E-state index is 0.00411. The van der Waals surface area contributed by atoms with Crippen molar-refractivity contribution in [3.05, 3.63) is 65.7 Å². The molecule has 0 unspecified atom stereocenters. The van der Waals surface area contributed by atoms with Crippen molar-refractivity contribution in [3.8, 4) is 0 Å². The van der Waals surface area contributed by atoms with Crippen molar-refractivity contribution in [3.63, 3.8) is 0 Å². The van der Waals surface area contributed by atoms with Gasteiger partial charge in [-0.2, -0.15) is 0 Å². The van der Waals surface area contributed by atoms with Crippen LogP contribution in [0.3, 0.4) is 0 Å². The molecular formula is C19H17FN4O. The predicted octanol–water partition coefficient (Wildman–Crippen LogP) is 2.90. The third-order valence-corrected chi connectivity index (χ3v) is 4.56. The quantitative estimate of drug-likeness (QED) is 0.643. The summed E-state index contributed by atoms with van der Waals surface area (Å²) in [5.74, 6) is -0.771. The molecule has 0 atom stereocenters. The Morgan fingerprint density at radius 2 is 2.00 bits per heavy atom. The summed E-state index contributed by atoms with van der Waals surface area (Å²) < 4.78 is 14.5. The maximum atomic E-state index is 14.5. The number of anilines is 2. The largest absolute Gasteiger partial charge is 0.396 e. The third-order valence-electron chi connectivity index (χ3n) is 4.56. The fourth-order valence-electron chi connectivity index (χ4n) is 3.10. The first-order valence-electron chi connectivity index (χ1n) is 8.08.